The van der Waals surface area contributed by atoms with Crippen LogP contribution in [-0.4, -0.2) is 56.3 Å². The van der Waals surface area contributed by atoms with E-state index >= 15 is 0 Å². The molecule has 20 heavy (non-hydrogen) atoms. The lowest BCUT2D eigenvalue weighted by molar-refractivity contribution is -0.145. The summed E-state index contributed by atoms with van der Waals surface area (Å²) in [7, 11) is 3.16. The van der Waals surface area contributed by atoms with Crippen LogP contribution >= 0.6 is 11.3 Å². The third kappa shape index (κ3) is 3.19. The summed E-state index contributed by atoms with van der Waals surface area (Å²) in [5.74, 6) is -0.0405. The maximum absolute atomic E-state index is 12.0. The monoisotopic (exact) mass is 298 g/mol. The minimum Gasteiger partial charge on any atom is -0.469 e. The molecule has 1 aliphatic rings. The molecule has 2 heterocycles. The average Bonchev–Trinajstić information content (AvgIpc) is 2.98. The summed E-state index contributed by atoms with van der Waals surface area (Å²) in [6, 6.07) is 0. The predicted molar refractivity (Wildman–Crippen MR) is 78.2 cm³/mol. The molecule has 1 fully saturated rings. The van der Waals surface area contributed by atoms with E-state index in [2.05, 4.69) is 9.88 Å². The molecule has 6 heteroatoms. The van der Waals surface area contributed by atoms with Crippen LogP contribution in [0.3, 0.4) is 0 Å². The van der Waals surface area contributed by atoms with Gasteiger partial charge in [0.05, 0.1) is 30.3 Å². The van der Waals surface area contributed by atoms with Gasteiger partial charge in [-0.1, -0.05) is 0 Å². The molecule has 1 aromatic rings. The molecule has 0 unspecified atom stereocenters. The number of hydrogen-bond acceptors (Lipinski definition) is 6. The van der Waals surface area contributed by atoms with Gasteiger partial charge in [-0.3, -0.25) is 9.69 Å². The molecular formula is C14H22N2O3S. The van der Waals surface area contributed by atoms with Crippen LogP contribution in [0.2, 0.25) is 0 Å². The van der Waals surface area contributed by atoms with Crippen molar-refractivity contribution in [2.45, 2.75) is 19.8 Å². The van der Waals surface area contributed by atoms with Crippen molar-refractivity contribution in [1.29, 1.82) is 0 Å². The van der Waals surface area contributed by atoms with Crippen molar-refractivity contribution in [2.24, 2.45) is 5.92 Å². The SMILES string of the molecule is COCCN1C[C@H](C(=O)OC)[C@@H](c2sc(C)nc2C)C1. The molecule has 0 radical (unpaired) electrons. The van der Waals surface area contributed by atoms with Crippen LogP contribution in [0.25, 0.3) is 0 Å². The number of thiazole rings is 1. The molecule has 1 aromatic heterocycles. The lowest BCUT2D eigenvalue weighted by Gasteiger charge is -2.15. The Morgan fingerprint density at radius 3 is 2.70 bits per heavy atom. The van der Waals surface area contributed by atoms with Gasteiger partial charge in [-0.25, -0.2) is 4.98 Å². The fourth-order valence-electron chi connectivity index (χ4n) is 2.84. The molecule has 0 aromatic carbocycles. The molecule has 0 N–H and O–H groups in total. The van der Waals surface area contributed by atoms with Gasteiger partial charge in [0.1, 0.15) is 0 Å². The largest absolute Gasteiger partial charge is 0.469 e. The topological polar surface area (TPSA) is 51.7 Å². The summed E-state index contributed by atoms with van der Waals surface area (Å²) >= 11 is 1.69. The number of nitrogens with zero attached hydrogens (tertiary/aromatic N) is 2. The number of carbonyl (C=O) groups excluding carboxylic acids is 1. The second kappa shape index (κ2) is 6.65. The van der Waals surface area contributed by atoms with Crippen LogP contribution in [0.4, 0.5) is 0 Å². The van der Waals surface area contributed by atoms with Crippen molar-refractivity contribution >= 4 is 17.3 Å². The number of rotatable bonds is 5. The van der Waals surface area contributed by atoms with Crippen molar-refractivity contribution in [1.82, 2.24) is 9.88 Å². The normalized spacial score (nSPS) is 23.2. The molecule has 1 aliphatic heterocycles. The first-order valence-corrected chi connectivity index (χ1v) is 7.61. The molecule has 0 spiro atoms. The van der Waals surface area contributed by atoms with Gasteiger partial charge in [0.15, 0.2) is 0 Å². The van der Waals surface area contributed by atoms with Crippen molar-refractivity contribution < 1.29 is 14.3 Å². The van der Waals surface area contributed by atoms with Gasteiger partial charge in [-0.05, 0) is 13.8 Å². The molecule has 1 saturated heterocycles. The first-order chi connectivity index (χ1) is 9.56. The lowest BCUT2D eigenvalue weighted by atomic mass is 9.94. The molecule has 0 amide bonds. The zero-order chi connectivity index (χ0) is 14.7. The number of esters is 1. The lowest BCUT2D eigenvalue weighted by Crippen LogP contribution is -2.27. The van der Waals surface area contributed by atoms with Gasteiger partial charge in [0.2, 0.25) is 0 Å². The van der Waals surface area contributed by atoms with Crippen LogP contribution in [0.1, 0.15) is 21.5 Å². The summed E-state index contributed by atoms with van der Waals surface area (Å²) in [6.07, 6.45) is 0. The van der Waals surface area contributed by atoms with E-state index in [1.165, 1.54) is 12.0 Å². The van der Waals surface area contributed by atoms with Gasteiger partial charge < -0.3 is 9.47 Å². The van der Waals surface area contributed by atoms with E-state index in [-0.39, 0.29) is 17.8 Å². The average molecular weight is 298 g/mol. The van der Waals surface area contributed by atoms with E-state index in [0.29, 0.717) is 6.61 Å². The number of hydrogen-bond donors (Lipinski definition) is 0. The highest BCUT2D eigenvalue weighted by Gasteiger charge is 2.40. The Labute approximate surface area is 123 Å². The van der Waals surface area contributed by atoms with E-state index in [1.54, 1.807) is 18.4 Å². The van der Waals surface area contributed by atoms with Crippen molar-refractivity contribution in [3.63, 3.8) is 0 Å². The summed E-state index contributed by atoms with van der Waals surface area (Å²) in [4.78, 5) is 20.0. The first kappa shape index (κ1) is 15.4. The molecular weight excluding hydrogens is 276 g/mol. The first-order valence-electron chi connectivity index (χ1n) is 6.79. The highest BCUT2D eigenvalue weighted by molar-refractivity contribution is 7.11. The highest BCUT2D eigenvalue weighted by atomic mass is 32.1. The third-order valence-electron chi connectivity index (χ3n) is 3.79. The maximum Gasteiger partial charge on any atom is 0.310 e. The van der Waals surface area contributed by atoms with E-state index in [0.717, 1.165) is 30.3 Å². The van der Waals surface area contributed by atoms with Crippen LogP contribution in [0.15, 0.2) is 0 Å². The Morgan fingerprint density at radius 1 is 1.40 bits per heavy atom. The van der Waals surface area contributed by atoms with Crippen molar-refractivity contribution in [2.75, 3.05) is 40.5 Å². The quantitative estimate of drug-likeness (QED) is 0.773. The summed E-state index contributed by atoms with van der Waals surface area (Å²) in [5, 5.41) is 1.05. The van der Waals surface area contributed by atoms with Crippen molar-refractivity contribution in [3.05, 3.63) is 15.6 Å². The number of aryl methyl sites for hydroxylation is 2. The number of likely N-dealkylation sites (tertiary alicyclic amines) is 1. The fourth-order valence-corrected chi connectivity index (χ4v) is 3.92. The van der Waals surface area contributed by atoms with Crippen LogP contribution < -0.4 is 0 Å². The van der Waals surface area contributed by atoms with E-state index < -0.39 is 0 Å². The van der Waals surface area contributed by atoms with Gasteiger partial charge in [0.25, 0.3) is 0 Å². The Morgan fingerprint density at radius 2 is 2.15 bits per heavy atom. The van der Waals surface area contributed by atoms with E-state index in [4.69, 9.17) is 9.47 Å². The minimum absolute atomic E-state index is 0.101. The Kier molecular flexibility index (Phi) is 5.12. The molecule has 112 valence electrons. The van der Waals surface area contributed by atoms with E-state index in [9.17, 15) is 4.79 Å². The minimum atomic E-state index is -0.125. The molecule has 0 aliphatic carbocycles. The second-order valence-corrected chi connectivity index (χ2v) is 6.41. The highest BCUT2D eigenvalue weighted by Crippen LogP contribution is 2.37. The predicted octanol–water partition coefficient (Wildman–Crippen LogP) is 1.59. The second-order valence-electron chi connectivity index (χ2n) is 5.17. The molecule has 2 atom stereocenters. The zero-order valence-electron chi connectivity index (χ0n) is 12.5. The summed E-state index contributed by atoms with van der Waals surface area (Å²) in [5.41, 5.74) is 1.04. The van der Waals surface area contributed by atoms with Crippen LogP contribution in [0.5, 0.6) is 0 Å². The van der Waals surface area contributed by atoms with E-state index in [1.807, 2.05) is 13.8 Å². The van der Waals surface area contributed by atoms with Gasteiger partial charge in [-0.2, -0.15) is 0 Å². The van der Waals surface area contributed by atoms with Crippen molar-refractivity contribution in [3.8, 4) is 0 Å². The standard InChI is InChI=1S/C14H22N2O3S/c1-9-13(20-10(2)15-9)11-7-16(5-6-18-3)8-12(11)14(17)19-4/h11-12H,5-8H2,1-4H3/t11-,12-/m0/s1. The number of methoxy groups -OCH3 is 2. The van der Waals surface area contributed by atoms with Gasteiger partial charge in [-0.15, -0.1) is 11.3 Å². The number of ether oxygens (including phenoxy) is 2. The molecule has 0 bridgehead atoms. The number of carbonyl (C=O) groups is 1. The zero-order valence-corrected chi connectivity index (χ0v) is 13.3. The Balaban J connectivity index is 2.19. The molecule has 2 rings (SSSR count). The Hall–Kier alpha value is -0.980. The van der Waals surface area contributed by atoms with Crippen LogP contribution in [-0.2, 0) is 14.3 Å². The third-order valence-corrected chi connectivity index (χ3v) is 4.99. The maximum atomic E-state index is 12.0. The molecule has 5 nitrogen and oxygen atoms in total. The Bertz CT molecular complexity index is 475. The molecule has 0 saturated carbocycles. The number of aromatic nitrogens is 1. The van der Waals surface area contributed by atoms with Gasteiger partial charge >= 0.3 is 5.97 Å². The van der Waals surface area contributed by atoms with Gasteiger partial charge in [0, 0.05) is 37.5 Å². The smallest absolute Gasteiger partial charge is 0.310 e. The van der Waals surface area contributed by atoms with Crippen LogP contribution in [0, 0.1) is 19.8 Å². The fraction of sp³-hybridized carbons (Fsp3) is 0.714. The summed E-state index contributed by atoms with van der Waals surface area (Å²) < 4.78 is 10.1. The summed E-state index contributed by atoms with van der Waals surface area (Å²) in [6.45, 7) is 7.15.